The second kappa shape index (κ2) is 7.80. The van der Waals surface area contributed by atoms with E-state index in [0.717, 1.165) is 19.4 Å². The molecule has 0 aliphatic heterocycles. The first-order valence-corrected chi connectivity index (χ1v) is 5.54. The van der Waals surface area contributed by atoms with Crippen molar-refractivity contribution >= 4 is 5.91 Å². The fraction of sp³-hybridized carbons (Fsp3) is 0.909. The Hall–Kier alpha value is -0.570. The van der Waals surface area contributed by atoms with Crippen LogP contribution >= 0.6 is 0 Å². The standard InChI is InChI=1S/C11H23NO2/c1-4-10(3)6-7-12(8-9-13)11(14)5-2/h10,13H,4-9H2,1-3H3. The van der Waals surface area contributed by atoms with Crippen molar-refractivity contribution in [2.45, 2.75) is 40.0 Å². The molecule has 0 rings (SSSR count). The molecule has 1 N–H and O–H groups in total. The topological polar surface area (TPSA) is 40.5 Å². The molecule has 0 radical (unpaired) electrons. The summed E-state index contributed by atoms with van der Waals surface area (Å²) in [6.45, 7) is 7.52. The largest absolute Gasteiger partial charge is 0.395 e. The van der Waals surface area contributed by atoms with E-state index in [1.54, 1.807) is 4.90 Å². The predicted octanol–water partition coefficient (Wildman–Crippen LogP) is 1.65. The van der Waals surface area contributed by atoms with Crippen LogP contribution in [0.25, 0.3) is 0 Å². The second-order valence-electron chi connectivity index (χ2n) is 3.76. The number of carbonyl (C=O) groups excluding carboxylic acids is 1. The van der Waals surface area contributed by atoms with Gasteiger partial charge >= 0.3 is 0 Å². The number of nitrogens with zero attached hydrogens (tertiary/aromatic N) is 1. The van der Waals surface area contributed by atoms with Crippen molar-refractivity contribution in [1.82, 2.24) is 4.90 Å². The summed E-state index contributed by atoms with van der Waals surface area (Å²) >= 11 is 0. The third kappa shape index (κ3) is 5.22. The first-order chi connectivity index (χ1) is 6.65. The summed E-state index contributed by atoms with van der Waals surface area (Å²) in [7, 11) is 0. The molecule has 14 heavy (non-hydrogen) atoms. The highest BCUT2D eigenvalue weighted by Crippen LogP contribution is 2.08. The van der Waals surface area contributed by atoms with Crippen LogP contribution in [0.1, 0.15) is 40.0 Å². The zero-order chi connectivity index (χ0) is 11.0. The van der Waals surface area contributed by atoms with Crippen LogP contribution < -0.4 is 0 Å². The zero-order valence-electron chi connectivity index (χ0n) is 9.62. The van der Waals surface area contributed by atoms with E-state index >= 15 is 0 Å². The van der Waals surface area contributed by atoms with Crippen molar-refractivity contribution in [2.24, 2.45) is 5.92 Å². The summed E-state index contributed by atoms with van der Waals surface area (Å²) in [6, 6.07) is 0. The van der Waals surface area contributed by atoms with Crippen LogP contribution in [0.3, 0.4) is 0 Å². The molecule has 0 spiro atoms. The molecule has 0 saturated carbocycles. The van der Waals surface area contributed by atoms with Gasteiger partial charge in [-0.3, -0.25) is 4.79 Å². The van der Waals surface area contributed by atoms with Gasteiger partial charge in [-0.1, -0.05) is 27.2 Å². The van der Waals surface area contributed by atoms with E-state index in [9.17, 15) is 4.79 Å². The summed E-state index contributed by atoms with van der Waals surface area (Å²) in [5.41, 5.74) is 0. The van der Waals surface area contributed by atoms with Gasteiger partial charge < -0.3 is 10.0 Å². The summed E-state index contributed by atoms with van der Waals surface area (Å²) < 4.78 is 0. The van der Waals surface area contributed by atoms with Gasteiger partial charge in [0.25, 0.3) is 0 Å². The highest BCUT2D eigenvalue weighted by atomic mass is 16.3. The molecular weight excluding hydrogens is 178 g/mol. The molecule has 84 valence electrons. The summed E-state index contributed by atoms with van der Waals surface area (Å²) in [6.07, 6.45) is 2.70. The van der Waals surface area contributed by atoms with Gasteiger partial charge in [0.15, 0.2) is 0 Å². The number of carbonyl (C=O) groups is 1. The molecule has 0 bridgehead atoms. The molecule has 0 saturated heterocycles. The smallest absolute Gasteiger partial charge is 0.222 e. The Morgan fingerprint density at radius 2 is 2.00 bits per heavy atom. The van der Waals surface area contributed by atoms with Crippen LogP contribution in [0.15, 0.2) is 0 Å². The molecule has 0 aromatic carbocycles. The minimum absolute atomic E-state index is 0.0618. The Morgan fingerprint density at radius 1 is 1.36 bits per heavy atom. The van der Waals surface area contributed by atoms with Crippen molar-refractivity contribution in [2.75, 3.05) is 19.7 Å². The maximum atomic E-state index is 11.4. The second-order valence-corrected chi connectivity index (χ2v) is 3.76. The van der Waals surface area contributed by atoms with Crippen LogP contribution in [0, 0.1) is 5.92 Å². The van der Waals surface area contributed by atoms with Gasteiger partial charge in [-0.05, 0) is 12.3 Å². The van der Waals surface area contributed by atoms with Crippen molar-refractivity contribution in [1.29, 1.82) is 0 Å². The number of aliphatic hydroxyl groups is 1. The molecule has 1 unspecified atom stereocenters. The lowest BCUT2D eigenvalue weighted by Crippen LogP contribution is -2.34. The third-order valence-corrected chi connectivity index (χ3v) is 2.61. The summed E-state index contributed by atoms with van der Waals surface area (Å²) in [5, 5.41) is 8.81. The van der Waals surface area contributed by atoms with Crippen molar-refractivity contribution < 1.29 is 9.90 Å². The van der Waals surface area contributed by atoms with E-state index in [-0.39, 0.29) is 12.5 Å². The lowest BCUT2D eigenvalue weighted by atomic mass is 10.1. The van der Waals surface area contributed by atoms with E-state index in [2.05, 4.69) is 13.8 Å². The Balaban J connectivity index is 3.90. The molecule has 0 aliphatic carbocycles. The van der Waals surface area contributed by atoms with E-state index in [1.807, 2.05) is 6.92 Å². The van der Waals surface area contributed by atoms with Crippen molar-refractivity contribution in [3.05, 3.63) is 0 Å². The van der Waals surface area contributed by atoms with Crippen LogP contribution in [0.2, 0.25) is 0 Å². The molecule has 0 aromatic heterocycles. The minimum atomic E-state index is 0.0618. The predicted molar refractivity (Wildman–Crippen MR) is 58.0 cm³/mol. The number of rotatable bonds is 7. The fourth-order valence-corrected chi connectivity index (χ4v) is 1.29. The summed E-state index contributed by atoms with van der Waals surface area (Å²) in [4.78, 5) is 13.2. The molecule has 0 aromatic rings. The molecule has 0 heterocycles. The van der Waals surface area contributed by atoms with Crippen LogP contribution in [0.4, 0.5) is 0 Å². The monoisotopic (exact) mass is 201 g/mol. The Labute approximate surface area is 87.1 Å². The van der Waals surface area contributed by atoms with Crippen molar-refractivity contribution in [3.63, 3.8) is 0 Å². The molecule has 3 nitrogen and oxygen atoms in total. The van der Waals surface area contributed by atoms with Gasteiger partial charge in [0, 0.05) is 19.5 Å². The van der Waals surface area contributed by atoms with Gasteiger partial charge in [0.2, 0.25) is 5.91 Å². The molecule has 0 fully saturated rings. The Morgan fingerprint density at radius 3 is 2.43 bits per heavy atom. The van der Waals surface area contributed by atoms with Crippen molar-refractivity contribution in [3.8, 4) is 0 Å². The maximum Gasteiger partial charge on any atom is 0.222 e. The van der Waals surface area contributed by atoms with Gasteiger partial charge in [0.05, 0.1) is 6.61 Å². The van der Waals surface area contributed by atoms with E-state index < -0.39 is 0 Å². The van der Waals surface area contributed by atoms with E-state index in [1.165, 1.54) is 0 Å². The number of amides is 1. The van der Waals surface area contributed by atoms with Crippen LogP contribution in [-0.4, -0.2) is 35.6 Å². The quantitative estimate of drug-likeness (QED) is 0.680. The van der Waals surface area contributed by atoms with E-state index in [0.29, 0.717) is 18.9 Å². The Kier molecular flexibility index (Phi) is 7.48. The first-order valence-electron chi connectivity index (χ1n) is 5.54. The van der Waals surface area contributed by atoms with Gasteiger partial charge in [0.1, 0.15) is 0 Å². The molecular formula is C11H23NO2. The molecule has 3 heteroatoms. The highest BCUT2D eigenvalue weighted by molar-refractivity contribution is 5.75. The Bertz CT molecular complexity index is 159. The molecule has 1 amide bonds. The average Bonchev–Trinajstić information content (AvgIpc) is 2.22. The average molecular weight is 201 g/mol. The lowest BCUT2D eigenvalue weighted by Gasteiger charge is -2.22. The van der Waals surface area contributed by atoms with Gasteiger partial charge in [-0.15, -0.1) is 0 Å². The normalized spacial score (nSPS) is 12.6. The SMILES string of the molecule is CCC(=O)N(CCO)CCC(C)CC. The van der Waals surface area contributed by atoms with Crippen LogP contribution in [0.5, 0.6) is 0 Å². The summed E-state index contributed by atoms with van der Waals surface area (Å²) in [5.74, 6) is 0.795. The number of aliphatic hydroxyl groups excluding tert-OH is 1. The fourth-order valence-electron chi connectivity index (χ4n) is 1.29. The van der Waals surface area contributed by atoms with Gasteiger partial charge in [-0.25, -0.2) is 0 Å². The lowest BCUT2D eigenvalue weighted by molar-refractivity contribution is -0.131. The highest BCUT2D eigenvalue weighted by Gasteiger charge is 2.11. The molecule has 0 aliphatic rings. The molecule has 1 atom stereocenters. The first kappa shape index (κ1) is 13.4. The number of hydrogen-bond donors (Lipinski definition) is 1. The third-order valence-electron chi connectivity index (χ3n) is 2.61. The maximum absolute atomic E-state index is 11.4. The number of hydrogen-bond acceptors (Lipinski definition) is 2. The zero-order valence-corrected chi connectivity index (χ0v) is 9.62. The van der Waals surface area contributed by atoms with Gasteiger partial charge in [-0.2, -0.15) is 0 Å². The van der Waals surface area contributed by atoms with E-state index in [4.69, 9.17) is 5.11 Å². The minimum Gasteiger partial charge on any atom is -0.395 e. The van der Waals surface area contributed by atoms with Crippen LogP contribution in [-0.2, 0) is 4.79 Å².